The number of methoxy groups -OCH3 is 1. The maximum Gasteiger partial charge on any atom is 0.228 e. The quantitative estimate of drug-likeness (QED) is 0.281. The molecule has 40 heavy (non-hydrogen) atoms. The van der Waals surface area contributed by atoms with Gasteiger partial charge in [0.1, 0.15) is 0 Å². The van der Waals surface area contributed by atoms with E-state index in [2.05, 4.69) is 46.5 Å². The number of amides is 1. The van der Waals surface area contributed by atoms with E-state index in [0.29, 0.717) is 41.4 Å². The van der Waals surface area contributed by atoms with Gasteiger partial charge in [0.2, 0.25) is 17.6 Å². The molecule has 2 heterocycles. The third kappa shape index (κ3) is 6.69. The van der Waals surface area contributed by atoms with Gasteiger partial charge in [0, 0.05) is 36.7 Å². The second-order valence-electron chi connectivity index (χ2n) is 10.5. The Morgan fingerprint density at radius 1 is 1.05 bits per heavy atom. The molecule has 4 aromatic rings. The first-order valence-corrected chi connectivity index (χ1v) is 13.7. The van der Waals surface area contributed by atoms with Crippen molar-refractivity contribution in [3.63, 3.8) is 0 Å². The fourth-order valence-corrected chi connectivity index (χ4v) is 5.22. The molecule has 8 heteroatoms. The molecule has 1 saturated heterocycles. The minimum absolute atomic E-state index is 0.0892. The molecule has 0 bridgehead atoms. The maximum atomic E-state index is 12.9. The lowest BCUT2D eigenvalue weighted by atomic mass is 9.97. The monoisotopic (exact) mass is 540 g/mol. The van der Waals surface area contributed by atoms with E-state index in [0.717, 1.165) is 47.3 Å². The molecule has 0 saturated carbocycles. The number of likely N-dealkylation sites (tertiary alicyclic amines) is 1. The van der Waals surface area contributed by atoms with E-state index in [-0.39, 0.29) is 12.3 Å². The number of carbonyl (C=O) groups is 1. The molecule has 0 spiro atoms. The van der Waals surface area contributed by atoms with Crippen LogP contribution >= 0.6 is 0 Å². The van der Waals surface area contributed by atoms with Crippen LogP contribution in [0.2, 0.25) is 0 Å². The molecule has 8 nitrogen and oxygen atoms in total. The van der Waals surface area contributed by atoms with E-state index in [1.807, 2.05) is 48.5 Å². The largest absolute Gasteiger partial charge is 0.493 e. The Balaban J connectivity index is 1.20. The lowest BCUT2D eigenvalue weighted by Gasteiger charge is -2.29. The number of anilines is 1. The van der Waals surface area contributed by atoms with Gasteiger partial charge in [-0.15, -0.1) is 0 Å². The van der Waals surface area contributed by atoms with E-state index >= 15 is 0 Å². The number of rotatable bonds is 9. The van der Waals surface area contributed by atoms with Crippen LogP contribution in [0.5, 0.6) is 11.5 Å². The standard InChI is InChI=1S/C32H36N4O4/c1-21-16-26(32-33-22(2)40-35-32)11-13-28(21)25-9-7-23(8-10-25)17-31(37)34-27-12-14-29(38-4)30(18-27)39-20-24-6-5-15-36(3)19-24/h7-14,16,18,24H,5-6,15,17,19-20H2,1-4H3,(H,34,37). The highest BCUT2D eigenvalue weighted by Gasteiger charge is 2.19. The number of hydrogen-bond donors (Lipinski definition) is 1. The minimum atomic E-state index is -0.0892. The highest BCUT2D eigenvalue weighted by atomic mass is 16.5. The normalized spacial score (nSPS) is 15.6. The highest BCUT2D eigenvalue weighted by Crippen LogP contribution is 2.32. The third-order valence-corrected chi connectivity index (χ3v) is 7.29. The van der Waals surface area contributed by atoms with E-state index < -0.39 is 0 Å². The van der Waals surface area contributed by atoms with Crippen molar-refractivity contribution in [1.82, 2.24) is 15.0 Å². The summed E-state index contributed by atoms with van der Waals surface area (Å²) >= 11 is 0. The topological polar surface area (TPSA) is 89.7 Å². The Morgan fingerprint density at radius 3 is 2.55 bits per heavy atom. The molecular weight excluding hydrogens is 504 g/mol. The molecule has 1 atom stereocenters. The van der Waals surface area contributed by atoms with Crippen LogP contribution in [0.1, 0.15) is 29.9 Å². The summed E-state index contributed by atoms with van der Waals surface area (Å²) in [4.78, 5) is 19.5. The average Bonchev–Trinajstić information content (AvgIpc) is 3.39. The van der Waals surface area contributed by atoms with E-state index in [1.165, 1.54) is 6.42 Å². The maximum absolute atomic E-state index is 12.9. The fraction of sp³-hybridized carbons (Fsp3) is 0.344. The molecule has 1 fully saturated rings. The van der Waals surface area contributed by atoms with Crippen LogP contribution in [-0.4, -0.2) is 54.8 Å². The molecule has 0 aliphatic carbocycles. The Kier molecular flexibility index (Phi) is 8.45. The van der Waals surface area contributed by atoms with Crippen LogP contribution in [0.4, 0.5) is 5.69 Å². The SMILES string of the molecule is COc1ccc(NC(=O)Cc2ccc(-c3ccc(-c4noc(C)n4)cc3C)cc2)cc1OCC1CCCN(C)C1. The predicted octanol–water partition coefficient (Wildman–Crippen LogP) is 5.93. The van der Waals surface area contributed by atoms with Crippen molar-refractivity contribution in [2.45, 2.75) is 33.1 Å². The first-order valence-electron chi connectivity index (χ1n) is 13.7. The number of hydrogen-bond acceptors (Lipinski definition) is 7. The fourth-order valence-electron chi connectivity index (χ4n) is 5.22. The molecule has 1 aromatic heterocycles. The van der Waals surface area contributed by atoms with Gasteiger partial charge in [-0.05, 0) is 73.8 Å². The first kappa shape index (κ1) is 27.4. The molecular formula is C32H36N4O4. The highest BCUT2D eigenvalue weighted by molar-refractivity contribution is 5.92. The Hall–Kier alpha value is -4.17. The molecule has 208 valence electrons. The van der Waals surface area contributed by atoms with Gasteiger partial charge in [-0.25, -0.2) is 0 Å². The lowest BCUT2D eigenvalue weighted by Crippen LogP contribution is -2.34. The number of aryl methyl sites for hydroxylation is 2. The van der Waals surface area contributed by atoms with Crippen molar-refractivity contribution in [1.29, 1.82) is 0 Å². The van der Waals surface area contributed by atoms with Crippen molar-refractivity contribution < 1.29 is 18.8 Å². The number of carbonyl (C=O) groups excluding carboxylic acids is 1. The summed E-state index contributed by atoms with van der Waals surface area (Å²) in [7, 11) is 3.78. The molecule has 1 aliphatic heterocycles. The zero-order valence-electron chi connectivity index (χ0n) is 23.6. The molecule has 1 unspecified atom stereocenters. The van der Waals surface area contributed by atoms with Gasteiger partial charge < -0.3 is 24.2 Å². The molecule has 1 amide bonds. The van der Waals surface area contributed by atoms with Gasteiger partial charge in [-0.2, -0.15) is 4.98 Å². The van der Waals surface area contributed by atoms with Crippen molar-refractivity contribution in [3.8, 4) is 34.0 Å². The van der Waals surface area contributed by atoms with Crippen LogP contribution in [0.15, 0.2) is 65.2 Å². The second kappa shape index (κ2) is 12.3. The zero-order valence-corrected chi connectivity index (χ0v) is 23.6. The number of aromatic nitrogens is 2. The Labute approximate surface area is 235 Å². The van der Waals surface area contributed by atoms with Gasteiger partial charge in [-0.1, -0.05) is 41.6 Å². The van der Waals surface area contributed by atoms with Gasteiger partial charge in [0.05, 0.1) is 20.1 Å². The van der Waals surface area contributed by atoms with Crippen LogP contribution in [0, 0.1) is 19.8 Å². The van der Waals surface area contributed by atoms with Crippen LogP contribution in [0.3, 0.4) is 0 Å². The molecule has 1 N–H and O–H groups in total. The molecule has 0 radical (unpaired) electrons. The Bertz CT molecular complexity index is 1460. The van der Waals surface area contributed by atoms with Crippen molar-refractivity contribution in [3.05, 3.63) is 77.7 Å². The van der Waals surface area contributed by atoms with Crippen molar-refractivity contribution in [2.75, 3.05) is 39.2 Å². The predicted molar refractivity (Wildman–Crippen MR) is 156 cm³/mol. The number of piperidine rings is 1. The Morgan fingerprint density at radius 2 is 1.85 bits per heavy atom. The van der Waals surface area contributed by atoms with E-state index in [4.69, 9.17) is 14.0 Å². The minimum Gasteiger partial charge on any atom is -0.493 e. The van der Waals surface area contributed by atoms with E-state index in [1.54, 1.807) is 14.0 Å². The zero-order chi connectivity index (χ0) is 28.1. The van der Waals surface area contributed by atoms with Gasteiger partial charge >= 0.3 is 0 Å². The smallest absolute Gasteiger partial charge is 0.228 e. The molecule has 1 aliphatic rings. The summed E-state index contributed by atoms with van der Waals surface area (Å²) in [5.41, 5.74) is 5.85. The van der Waals surface area contributed by atoms with Crippen LogP contribution in [-0.2, 0) is 11.2 Å². The van der Waals surface area contributed by atoms with Crippen LogP contribution in [0.25, 0.3) is 22.5 Å². The summed E-state index contributed by atoms with van der Waals surface area (Å²) in [6, 6.07) is 19.7. The number of nitrogens with one attached hydrogen (secondary N) is 1. The molecule has 3 aromatic carbocycles. The molecule has 5 rings (SSSR count). The summed E-state index contributed by atoms with van der Waals surface area (Å²) in [5.74, 6) is 2.83. The summed E-state index contributed by atoms with van der Waals surface area (Å²) in [5, 5.41) is 7.01. The lowest BCUT2D eigenvalue weighted by molar-refractivity contribution is -0.115. The number of ether oxygens (including phenoxy) is 2. The van der Waals surface area contributed by atoms with Gasteiger partial charge in [-0.3, -0.25) is 4.79 Å². The number of nitrogens with zero attached hydrogens (tertiary/aromatic N) is 3. The van der Waals surface area contributed by atoms with Crippen molar-refractivity contribution >= 4 is 11.6 Å². The van der Waals surface area contributed by atoms with E-state index in [9.17, 15) is 4.79 Å². The van der Waals surface area contributed by atoms with Crippen molar-refractivity contribution in [2.24, 2.45) is 5.92 Å². The summed E-state index contributed by atoms with van der Waals surface area (Å²) in [6.07, 6.45) is 2.62. The summed E-state index contributed by atoms with van der Waals surface area (Å²) in [6.45, 7) is 6.64. The third-order valence-electron chi connectivity index (χ3n) is 7.29. The first-order chi connectivity index (χ1) is 19.4. The van der Waals surface area contributed by atoms with Gasteiger partial charge in [0.15, 0.2) is 11.5 Å². The van der Waals surface area contributed by atoms with Gasteiger partial charge in [0.25, 0.3) is 0 Å². The second-order valence-corrected chi connectivity index (χ2v) is 10.5. The summed E-state index contributed by atoms with van der Waals surface area (Å²) < 4.78 is 16.7. The average molecular weight is 541 g/mol. The number of benzene rings is 3. The van der Waals surface area contributed by atoms with Crippen LogP contribution < -0.4 is 14.8 Å².